The van der Waals surface area contributed by atoms with Crippen molar-refractivity contribution in [1.82, 2.24) is 0 Å². The van der Waals surface area contributed by atoms with Gasteiger partial charge < -0.3 is 10.0 Å². The van der Waals surface area contributed by atoms with Crippen LogP contribution in [0.5, 0.6) is 0 Å². The standard InChI is InChI=1S/C12H15BrN2O3/c1-8(16)9-4-5-14(7-9)12-6-10(13)2-3-11(12)15(17)18/h2-3,6,8-9,16H,4-5,7H2,1H3. The largest absolute Gasteiger partial charge is 0.393 e. The first-order valence-electron chi connectivity index (χ1n) is 5.86. The number of nitro benzene ring substituents is 1. The Hall–Kier alpha value is -1.14. The molecule has 1 fully saturated rings. The summed E-state index contributed by atoms with van der Waals surface area (Å²) in [4.78, 5) is 12.6. The van der Waals surface area contributed by atoms with Crippen molar-refractivity contribution in [3.8, 4) is 0 Å². The Balaban J connectivity index is 2.28. The van der Waals surface area contributed by atoms with Gasteiger partial charge in [0.15, 0.2) is 0 Å². The highest BCUT2D eigenvalue weighted by Gasteiger charge is 2.29. The predicted octanol–water partition coefficient (Wildman–Crippen LogP) is 2.56. The van der Waals surface area contributed by atoms with Gasteiger partial charge in [-0.25, -0.2) is 0 Å². The first-order valence-corrected chi connectivity index (χ1v) is 6.65. The van der Waals surface area contributed by atoms with E-state index in [2.05, 4.69) is 15.9 Å². The van der Waals surface area contributed by atoms with Crippen LogP contribution in [0.2, 0.25) is 0 Å². The van der Waals surface area contributed by atoms with Crippen molar-refractivity contribution >= 4 is 27.3 Å². The van der Waals surface area contributed by atoms with Crippen LogP contribution in [-0.2, 0) is 0 Å². The number of nitro groups is 1. The Labute approximate surface area is 114 Å². The number of benzene rings is 1. The van der Waals surface area contributed by atoms with E-state index in [9.17, 15) is 15.2 Å². The second-order valence-corrected chi connectivity index (χ2v) is 5.54. The van der Waals surface area contributed by atoms with Gasteiger partial charge in [-0.3, -0.25) is 10.1 Å². The van der Waals surface area contributed by atoms with E-state index in [0.717, 1.165) is 17.4 Å². The molecule has 1 aromatic rings. The highest BCUT2D eigenvalue weighted by Crippen LogP contribution is 2.35. The molecule has 1 aromatic carbocycles. The normalized spacial score (nSPS) is 21.1. The van der Waals surface area contributed by atoms with Gasteiger partial charge in [-0.2, -0.15) is 0 Å². The lowest BCUT2D eigenvalue weighted by Crippen LogP contribution is -2.24. The molecular weight excluding hydrogens is 300 g/mol. The Morgan fingerprint density at radius 2 is 2.33 bits per heavy atom. The average Bonchev–Trinajstić information content (AvgIpc) is 2.77. The van der Waals surface area contributed by atoms with Crippen molar-refractivity contribution < 1.29 is 10.0 Å². The molecule has 1 aliphatic rings. The summed E-state index contributed by atoms with van der Waals surface area (Å²) >= 11 is 3.34. The van der Waals surface area contributed by atoms with Crippen LogP contribution in [0.15, 0.2) is 22.7 Å². The summed E-state index contributed by atoms with van der Waals surface area (Å²) in [5.74, 6) is 0.184. The zero-order chi connectivity index (χ0) is 13.3. The maximum atomic E-state index is 11.0. The van der Waals surface area contributed by atoms with Crippen molar-refractivity contribution in [3.63, 3.8) is 0 Å². The summed E-state index contributed by atoms with van der Waals surface area (Å²) in [5, 5.41) is 20.6. The lowest BCUT2D eigenvalue weighted by atomic mass is 10.0. The first-order chi connectivity index (χ1) is 8.49. The smallest absolute Gasteiger partial charge is 0.292 e. The number of rotatable bonds is 3. The quantitative estimate of drug-likeness (QED) is 0.688. The van der Waals surface area contributed by atoms with Gasteiger partial charge >= 0.3 is 0 Å². The molecule has 0 aliphatic carbocycles. The molecule has 0 amide bonds. The average molecular weight is 315 g/mol. The molecule has 18 heavy (non-hydrogen) atoms. The number of hydrogen-bond donors (Lipinski definition) is 1. The molecule has 1 saturated heterocycles. The predicted molar refractivity (Wildman–Crippen MR) is 72.8 cm³/mol. The molecule has 2 atom stereocenters. The fourth-order valence-electron chi connectivity index (χ4n) is 2.30. The van der Waals surface area contributed by atoms with E-state index >= 15 is 0 Å². The number of aliphatic hydroxyl groups is 1. The Bertz CT molecular complexity index is 465. The Morgan fingerprint density at radius 3 is 2.89 bits per heavy atom. The van der Waals surface area contributed by atoms with Crippen LogP contribution in [0.3, 0.4) is 0 Å². The second kappa shape index (κ2) is 5.24. The molecule has 0 radical (unpaired) electrons. The van der Waals surface area contributed by atoms with Crippen LogP contribution >= 0.6 is 15.9 Å². The van der Waals surface area contributed by atoms with Crippen LogP contribution in [0.25, 0.3) is 0 Å². The van der Waals surface area contributed by atoms with Gasteiger partial charge in [-0.15, -0.1) is 0 Å². The highest BCUT2D eigenvalue weighted by molar-refractivity contribution is 9.10. The molecule has 2 rings (SSSR count). The summed E-state index contributed by atoms with van der Waals surface area (Å²) < 4.78 is 0.823. The van der Waals surface area contributed by atoms with E-state index in [1.165, 1.54) is 6.07 Å². The molecule has 0 aromatic heterocycles. The molecule has 0 saturated carbocycles. The second-order valence-electron chi connectivity index (χ2n) is 4.63. The number of nitrogens with zero attached hydrogens (tertiary/aromatic N) is 2. The molecule has 98 valence electrons. The fraction of sp³-hybridized carbons (Fsp3) is 0.500. The minimum atomic E-state index is -0.374. The van der Waals surface area contributed by atoms with Gasteiger partial charge in [0, 0.05) is 29.5 Å². The summed E-state index contributed by atoms with van der Waals surface area (Å²) in [6.07, 6.45) is 0.489. The van der Waals surface area contributed by atoms with Gasteiger partial charge in [0.05, 0.1) is 11.0 Å². The molecule has 6 heteroatoms. The number of aliphatic hydroxyl groups excluding tert-OH is 1. The summed E-state index contributed by atoms with van der Waals surface area (Å²) in [6, 6.07) is 4.95. The Kier molecular flexibility index (Phi) is 3.87. The van der Waals surface area contributed by atoms with Crippen LogP contribution in [-0.4, -0.2) is 29.2 Å². The van der Waals surface area contributed by atoms with Crippen molar-refractivity contribution in [3.05, 3.63) is 32.8 Å². The molecule has 1 heterocycles. The molecule has 0 bridgehead atoms. The van der Waals surface area contributed by atoms with E-state index in [1.54, 1.807) is 19.1 Å². The summed E-state index contributed by atoms with van der Waals surface area (Å²) in [7, 11) is 0. The third-order valence-corrected chi connectivity index (χ3v) is 3.88. The third kappa shape index (κ3) is 2.64. The number of anilines is 1. The summed E-state index contributed by atoms with van der Waals surface area (Å²) in [6.45, 7) is 3.17. The minimum Gasteiger partial charge on any atom is -0.393 e. The zero-order valence-electron chi connectivity index (χ0n) is 10.0. The lowest BCUT2D eigenvalue weighted by Gasteiger charge is -2.19. The van der Waals surface area contributed by atoms with Gasteiger partial charge in [0.2, 0.25) is 0 Å². The molecule has 0 spiro atoms. The molecule has 5 nitrogen and oxygen atoms in total. The molecule has 2 unspecified atom stereocenters. The van der Waals surface area contributed by atoms with Crippen molar-refractivity contribution in [1.29, 1.82) is 0 Å². The maximum Gasteiger partial charge on any atom is 0.292 e. The fourth-order valence-corrected chi connectivity index (χ4v) is 2.65. The van der Waals surface area contributed by atoms with Gasteiger partial charge in [-0.1, -0.05) is 15.9 Å². The minimum absolute atomic E-state index is 0.115. The Morgan fingerprint density at radius 1 is 1.61 bits per heavy atom. The van der Waals surface area contributed by atoms with Crippen LogP contribution < -0.4 is 4.90 Å². The molecular formula is C12H15BrN2O3. The van der Waals surface area contributed by atoms with E-state index in [1.807, 2.05) is 4.90 Å². The van der Waals surface area contributed by atoms with E-state index in [4.69, 9.17) is 0 Å². The van der Waals surface area contributed by atoms with Gasteiger partial charge in [0.25, 0.3) is 5.69 Å². The number of hydrogen-bond acceptors (Lipinski definition) is 4. The SMILES string of the molecule is CC(O)C1CCN(c2cc(Br)ccc2[N+](=O)[O-])C1. The van der Waals surface area contributed by atoms with Crippen molar-refractivity contribution in [2.75, 3.05) is 18.0 Å². The van der Waals surface area contributed by atoms with Crippen molar-refractivity contribution in [2.24, 2.45) is 5.92 Å². The topological polar surface area (TPSA) is 66.6 Å². The number of halogens is 1. The molecule has 1 N–H and O–H groups in total. The first kappa shape index (κ1) is 13.3. The van der Waals surface area contributed by atoms with Crippen molar-refractivity contribution in [2.45, 2.75) is 19.4 Å². The van der Waals surface area contributed by atoms with Crippen LogP contribution in [0, 0.1) is 16.0 Å². The van der Waals surface area contributed by atoms with Gasteiger partial charge in [-0.05, 0) is 25.5 Å². The van der Waals surface area contributed by atoms with Gasteiger partial charge in [0.1, 0.15) is 5.69 Å². The van der Waals surface area contributed by atoms with E-state index in [-0.39, 0.29) is 22.6 Å². The van der Waals surface area contributed by atoms with E-state index < -0.39 is 0 Å². The van der Waals surface area contributed by atoms with Crippen LogP contribution in [0.4, 0.5) is 11.4 Å². The zero-order valence-corrected chi connectivity index (χ0v) is 11.6. The lowest BCUT2D eigenvalue weighted by molar-refractivity contribution is -0.384. The third-order valence-electron chi connectivity index (χ3n) is 3.38. The van der Waals surface area contributed by atoms with Crippen LogP contribution in [0.1, 0.15) is 13.3 Å². The molecule has 1 aliphatic heterocycles. The van der Waals surface area contributed by atoms with E-state index in [0.29, 0.717) is 12.2 Å². The monoisotopic (exact) mass is 314 g/mol. The summed E-state index contributed by atoms with van der Waals surface area (Å²) in [5.41, 5.74) is 0.738. The highest BCUT2D eigenvalue weighted by atomic mass is 79.9. The maximum absolute atomic E-state index is 11.0.